The van der Waals surface area contributed by atoms with Gasteiger partial charge in [0.1, 0.15) is 12.2 Å². The van der Waals surface area contributed by atoms with Gasteiger partial charge >= 0.3 is 0 Å². The molecule has 2 aromatic heterocycles. The van der Waals surface area contributed by atoms with Gasteiger partial charge < -0.3 is 0 Å². The summed E-state index contributed by atoms with van der Waals surface area (Å²) < 4.78 is 8.34. The number of aryl methyl sites for hydroxylation is 3. The Bertz CT molecular complexity index is 1510. The van der Waals surface area contributed by atoms with Crippen molar-refractivity contribution >= 4 is 28.7 Å². The third-order valence-electron chi connectivity index (χ3n) is 7.82. The monoisotopic (exact) mass is 460 g/mol. The van der Waals surface area contributed by atoms with Crippen molar-refractivity contribution < 1.29 is 8.99 Å². The SMILES string of the molecule is C=[N+]1C=CC(CC2CCCC2)=C[C-]1c1cc2c3cnc(-c4c(C)cccc4C)cc3[o+][c-]2cc1C. The highest BCUT2D eigenvalue weighted by molar-refractivity contribution is 6.06. The molecule has 176 valence electrons. The Kier molecular flexibility index (Phi) is 5.36. The Labute approximate surface area is 207 Å². The highest BCUT2D eigenvalue weighted by Gasteiger charge is 2.23. The van der Waals surface area contributed by atoms with Gasteiger partial charge in [0.2, 0.25) is 0 Å². The molecule has 3 heterocycles. The first kappa shape index (κ1) is 21.9. The van der Waals surface area contributed by atoms with E-state index in [1.807, 2.05) is 10.8 Å². The van der Waals surface area contributed by atoms with E-state index in [0.29, 0.717) is 0 Å². The quantitative estimate of drug-likeness (QED) is 0.174. The molecule has 1 fully saturated rings. The van der Waals surface area contributed by atoms with Crippen LogP contribution in [0.1, 0.15) is 54.4 Å². The van der Waals surface area contributed by atoms with E-state index in [4.69, 9.17) is 9.40 Å². The van der Waals surface area contributed by atoms with Crippen molar-refractivity contribution in [2.45, 2.75) is 52.9 Å². The lowest BCUT2D eigenvalue weighted by atomic mass is 9.91. The first-order valence-electron chi connectivity index (χ1n) is 12.7. The van der Waals surface area contributed by atoms with Crippen molar-refractivity contribution in [3.63, 3.8) is 0 Å². The van der Waals surface area contributed by atoms with Crippen LogP contribution in [0.5, 0.6) is 0 Å². The lowest BCUT2D eigenvalue weighted by Crippen LogP contribution is -2.16. The average Bonchev–Trinajstić information content (AvgIpc) is 3.46. The molecule has 1 saturated carbocycles. The van der Waals surface area contributed by atoms with Crippen LogP contribution in [0.3, 0.4) is 0 Å². The van der Waals surface area contributed by atoms with Crippen molar-refractivity contribution in [2.75, 3.05) is 0 Å². The second kappa shape index (κ2) is 8.57. The van der Waals surface area contributed by atoms with Gasteiger partial charge in [0.15, 0.2) is 0 Å². The Balaban J connectivity index is 1.41. The first-order chi connectivity index (χ1) is 17.0. The molecule has 0 unspecified atom stereocenters. The number of fused-ring (bicyclic) bond motifs is 3. The zero-order valence-corrected chi connectivity index (χ0v) is 20.9. The minimum absolute atomic E-state index is 0.821. The zero-order valence-electron chi connectivity index (χ0n) is 20.9. The molecule has 1 aliphatic heterocycles. The van der Waals surface area contributed by atoms with E-state index in [1.165, 1.54) is 59.1 Å². The summed E-state index contributed by atoms with van der Waals surface area (Å²) >= 11 is 0. The van der Waals surface area contributed by atoms with Crippen molar-refractivity contribution in [3.8, 4) is 11.3 Å². The van der Waals surface area contributed by atoms with E-state index < -0.39 is 0 Å². The highest BCUT2D eigenvalue weighted by atomic mass is 16.3. The van der Waals surface area contributed by atoms with Crippen LogP contribution in [-0.2, 0) is 0 Å². The smallest absolute Gasteiger partial charge is 0.279 e. The summed E-state index contributed by atoms with van der Waals surface area (Å²) in [6, 6.07) is 14.0. The van der Waals surface area contributed by atoms with Crippen LogP contribution in [0.15, 0.2) is 70.9 Å². The number of rotatable bonds is 4. The van der Waals surface area contributed by atoms with E-state index in [0.717, 1.165) is 46.0 Å². The van der Waals surface area contributed by atoms with Gasteiger partial charge in [-0.15, -0.1) is 6.07 Å². The van der Waals surface area contributed by atoms with Crippen LogP contribution < -0.4 is 0 Å². The number of pyridine rings is 1. The fourth-order valence-electron chi connectivity index (χ4n) is 5.93. The molecule has 0 spiro atoms. The fraction of sp³-hybridized carbons (Fsp3) is 0.281. The third kappa shape index (κ3) is 3.89. The maximum atomic E-state index is 6.35. The highest BCUT2D eigenvalue weighted by Crippen LogP contribution is 2.38. The molecule has 4 aromatic rings. The largest absolute Gasteiger partial charge is 0.286 e. The number of benzene rings is 2. The number of hydrogen-bond acceptors (Lipinski definition) is 1. The molecule has 0 radical (unpaired) electrons. The predicted molar refractivity (Wildman–Crippen MR) is 145 cm³/mol. The lowest BCUT2D eigenvalue weighted by molar-refractivity contribution is -0.418. The number of aromatic nitrogens is 1. The van der Waals surface area contributed by atoms with Crippen LogP contribution in [0, 0.1) is 32.7 Å². The second-order valence-electron chi connectivity index (χ2n) is 10.3. The number of hydrogen-bond donors (Lipinski definition) is 0. The number of furan rings is 1. The molecule has 0 saturated heterocycles. The standard InChI is InChI=1S/C32H32N2O/c1-20-8-7-9-21(2)32(20)28-18-31-27(19-33-28)26-17-25(22(3)14-30(26)35-31)29-16-24(12-13-34(29)4)15-23-10-5-6-11-23/h7-9,12-14,16-19,23H,4-6,10-11,15H2,1-3H3. The van der Waals surface area contributed by atoms with Crippen molar-refractivity contribution in [2.24, 2.45) is 5.92 Å². The Morgan fingerprint density at radius 2 is 1.86 bits per heavy atom. The molecule has 1 aliphatic carbocycles. The molecule has 3 nitrogen and oxygen atoms in total. The van der Waals surface area contributed by atoms with Gasteiger partial charge in [-0.05, 0) is 60.4 Å². The summed E-state index contributed by atoms with van der Waals surface area (Å²) in [5.74, 6) is 0.821. The van der Waals surface area contributed by atoms with Gasteiger partial charge in [-0.1, -0.05) is 68.0 Å². The molecule has 0 N–H and O–H groups in total. The molecular formula is C32H32N2O. The molecule has 0 atom stereocenters. The topological polar surface area (TPSA) is 27.2 Å². The van der Waals surface area contributed by atoms with Gasteiger partial charge in [-0.3, -0.25) is 14.0 Å². The normalized spacial score (nSPS) is 16.6. The summed E-state index contributed by atoms with van der Waals surface area (Å²) in [7, 11) is 0. The fourth-order valence-corrected chi connectivity index (χ4v) is 5.93. The summed E-state index contributed by atoms with van der Waals surface area (Å²) in [4.78, 5) is 4.86. The molecule has 0 bridgehead atoms. The minimum atomic E-state index is 0.821. The Morgan fingerprint density at radius 1 is 1.09 bits per heavy atom. The van der Waals surface area contributed by atoms with Crippen molar-refractivity contribution in [1.82, 2.24) is 4.98 Å². The Hall–Kier alpha value is -3.59. The maximum Gasteiger partial charge on any atom is 0.279 e. The molecule has 35 heavy (non-hydrogen) atoms. The molecule has 6 rings (SSSR count). The van der Waals surface area contributed by atoms with Crippen LogP contribution in [0.25, 0.3) is 33.2 Å². The summed E-state index contributed by atoms with van der Waals surface area (Å²) in [6.07, 6.45) is 15.3. The average molecular weight is 461 g/mol. The van der Waals surface area contributed by atoms with E-state index in [9.17, 15) is 0 Å². The number of allylic oxidation sites excluding steroid dienone is 2. The first-order valence-corrected chi connectivity index (χ1v) is 12.7. The lowest BCUT2D eigenvalue weighted by Gasteiger charge is -2.23. The van der Waals surface area contributed by atoms with E-state index in [1.54, 1.807) is 0 Å². The molecule has 2 aliphatic rings. The molecule has 0 amide bonds. The van der Waals surface area contributed by atoms with Gasteiger partial charge in [0.25, 0.3) is 11.2 Å². The summed E-state index contributed by atoms with van der Waals surface area (Å²) in [5.41, 5.74) is 10.2. The molecule has 3 heteroatoms. The van der Waals surface area contributed by atoms with E-state index in [-0.39, 0.29) is 0 Å². The van der Waals surface area contributed by atoms with Gasteiger partial charge in [0.05, 0.1) is 12.4 Å². The molecule has 2 aromatic carbocycles. The summed E-state index contributed by atoms with van der Waals surface area (Å²) in [5, 5.41) is 2.15. The zero-order chi connectivity index (χ0) is 24.1. The number of nitrogens with zero attached hydrogens (tertiary/aromatic N) is 2. The molecular weight excluding hydrogens is 428 g/mol. The second-order valence-corrected chi connectivity index (χ2v) is 10.3. The van der Waals surface area contributed by atoms with E-state index in [2.05, 4.69) is 82.2 Å². The van der Waals surface area contributed by atoms with Crippen molar-refractivity contribution in [3.05, 3.63) is 94.8 Å². The predicted octanol–water partition coefficient (Wildman–Crippen LogP) is 8.20. The summed E-state index contributed by atoms with van der Waals surface area (Å²) in [6.45, 7) is 10.7. The maximum absolute atomic E-state index is 6.35. The Morgan fingerprint density at radius 3 is 2.63 bits per heavy atom. The minimum Gasteiger partial charge on any atom is -0.286 e. The van der Waals surface area contributed by atoms with Crippen molar-refractivity contribution in [1.29, 1.82) is 0 Å². The van der Waals surface area contributed by atoms with Gasteiger partial charge in [-0.2, -0.15) is 0 Å². The third-order valence-corrected chi connectivity index (χ3v) is 7.82. The van der Waals surface area contributed by atoms with Crippen LogP contribution >= 0.6 is 0 Å². The van der Waals surface area contributed by atoms with Crippen LogP contribution in [-0.4, -0.2) is 16.3 Å². The van der Waals surface area contributed by atoms with Gasteiger partial charge in [-0.25, -0.2) is 0 Å². The van der Waals surface area contributed by atoms with Gasteiger partial charge in [0, 0.05) is 23.2 Å². The van der Waals surface area contributed by atoms with Crippen LogP contribution in [0.4, 0.5) is 0 Å². The van der Waals surface area contributed by atoms with Crippen LogP contribution in [0.2, 0.25) is 0 Å². The van der Waals surface area contributed by atoms with E-state index >= 15 is 0 Å².